The molecule has 0 aromatic rings. The number of rotatable bonds is 28. The third kappa shape index (κ3) is 18.8. The van der Waals surface area contributed by atoms with Crippen LogP contribution in [0.25, 0.3) is 0 Å². The van der Waals surface area contributed by atoms with Crippen LogP contribution in [0.4, 0.5) is 0 Å². The van der Waals surface area contributed by atoms with Crippen molar-refractivity contribution in [3.8, 4) is 0 Å². The normalized spacial score (nSPS) is 14.7. The van der Waals surface area contributed by atoms with Crippen LogP contribution in [0.5, 0.6) is 0 Å². The van der Waals surface area contributed by atoms with Crippen molar-refractivity contribution in [1.82, 2.24) is 10.6 Å². The fourth-order valence-corrected chi connectivity index (χ4v) is 4.85. The lowest BCUT2D eigenvalue weighted by Crippen LogP contribution is -2.45. The second-order valence-electron chi connectivity index (χ2n) is 12.4. The van der Waals surface area contributed by atoms with Crippen molar-refractivity contribution in [3.05, 3.63) is 0 Å². The Morgan fingerprint density at radius 1 is 0.450 bits per heavy atom. The summed E-state index contributed by atoms with van der Waals surface area (Å²) in [7, 11) is 0. The standard InChI is InChI=1S/C34H70N6/c1-7-11-13-15-17-19-21-23-25-27-29-37-31(35)33(5,9-3)39-40-34(6,10-4)32(36)38-30-28-26-24-22-20-18-16-14-12-8-2/h7-30H2,1-6H3,(H2,35,37)(H2,36,38). The van der Waals surface area contributed by atoms with Crippen LogP contribution in [0.2, 0.25) is 0 Å². The zero-order chi connectivity index (χ0) is 30.0. The molecule has 0 aliphatic heterocycles. The number of azo groups is 1. The van der Waals surface area contributed by atoms with E-state index in [1.807, 2.05) is 13.8 Å². The monoisotopic (exact) mass is 563 g/mol. The van der Waals surface area contributed by atoms with Crippen LogP contribution in [0, 0.1) is 10.8 Å². The van der Waals surface area contributed by atoms with Gasteiger partial charge in [-0.1, -0.05) is 143 Å². The molecule has 40 heavy (non-hydrogen) atoms. The number of hydrogen-bond acceptors (Lipinski definition) is 4. The first-order valence-electron chi connectivity index (χ1n) is 17.4. The summed E-state index contributed by atoms with van der Waals surface area (Å²) in [5.74, 6) is 0.885. The predicted molar refractivity (Wildman–Crippen MR) is 177 cm³/mol. The Bertz CT molecular complexity index is 594. The van der Waals surface area contributed by atoms with Crippen molar-refractivity contribution in [3.63, 3.8) is 0 Å². The van der Waals surface area contributed by atoms with Gasteiger partial charge < -0.3 is 10.6 Å². The third-order valence-electron chi connectivity index (χ3n) is 8.61. The maximum atomic E-state index is 8.65. The van der Waals surface area contributed by atoms with Crippen LogP contribution in [0.3, 0.4) is 0 Å². The first kappa shape index (κ1) is 38.5. The minimum absolute atomic E-state index is 0.443. The number of hydrogen-bond donors (Lipinski definition) is 4. The molecule has 0 bridgehead atoms. The fraction of sp³-hybridized carbons (Fsp3) is 0.941. The van der Waals surface area contributed by atoms with E-state index in [0.29, 0.717) is 24.5 Å². The highest BCUT2D eigenvalue weighted by Crippen LogP contribution is 2.23. The van der Waals surface area contributed by atoms with Gasteiger partial charge in [-0.3, -0.25) is 10.8 Å². The number of nitrogens with zero attached hydrogens (tertiary/aromatic N) is 2. The van der Waals surface area contributed by atoms with Gasteiger partial charge in [-0.15, -0.1) is 0 Å². The quantitative estimate of drug-likeness (QED) is 0.0330. The average Bonchev–Trinajstić information content (AvgIpc) is 2.96. The molecule has 6 nitrogen and oxygen atoms in total. The lowest BCUT2D eigenvalue weighted by molar-refractivity contribution is 0.473. The summed E-state index contributed by atoms with van der Waals surface area (Å²) in [6.07, 6.45) is 27.7. The second kappa shape index (κ2) is 25.3. The van der Waals surface area contributed by atoms with Crippen LogP contribution < -0.4 is 10.6 Å². The summed E-state index contributed by atoms with van der Waals surface area (Å²) in [6.45, 7) is 14.3. The first-order chi connectivity index (χ1) is 19.3. The fourth-order valence-electron chi connectivity index (χ4n) is 4.85. The molecule has 4 N–H and O–H groups in total. The summed E-state index contributed by atoms with van der Waals surface area (Å²) in [6, 6.07) is 0. The molecular formula is C34H70N6. The molecule has 0 aromatic heterocycles. The summed E-state index contributed by atoms with van der Waals surface area (Å²) in [4.78, 5) is 0. The zero-order valence-electron chi connectivity index (χ0n) is 27.9. The lowest BCUT2D eigenvalue weighted by Gasteiger charge is -2.28. The maximum Gasteiger partial charge on any atom is 0.135 e. The molecule has 0 rings (SSSR count). The topological polar surface area (TPSA) is 96.5 Å². The first-order valence-corrected chi connectivity index (χ1v) is 17.4. The predicted octanol–water partition coefficient (Wildman–Crippen LogP) is 10.8. The van der Waals surface area contributed by atoms with E-state index in [1.54, 1.807) is 0 Å². The molecular weight excluding hydrogens is 492 g/mol. The van der Waals surface area contributed by atoms with Crippen molar-refractivity contribution in [2.24, 2.45) is 10.2 Å². The van der Waals surface area contributed by atoms with Crippen molar-refractivity contribution in [1.29, 1.82) is 10.8 Å². The van der Waals surface area contributed by atoms with Gasteiger partial charge in [-0.2, -0.15) is 10.2 Å². The molecule has 6 heteroatoms. The van der Waals surface area contributed by atoms with Gasteiger partial charge in [0.15, 0.2) is 0 Å². The smallest absolute Gasteiger partial charge is 0.135 e. The Morgan fingerprint density at radius 2 is 0.700 bits per heavy atom. The highest BCUT2D eigenvalue weighted by molar-refractivity contribution is 5.89. The number of unbranched alkanes of at least 4 members (excludes halogenated alkanes) is 18. The van der Waals surface area contributed by atoms with E-state index < -0.39 is 11.1 Å². The summed E-state index contributed by atoms with van der Waals surface area (Å²) in [5, 5.41) is 33.3. The molecule has 2 atom stereocenters. The number of nitrogens with one attached hydrogen (secondary N) is 4. The van der Waals surface area contributed by atoms with Crippen molar-refractivity contribution >= 4 is 11.7 Å². The maximum absolute atomic E-state index is 8.65. The zero-order valence-corrected chi connectivity index (χ0v) is 27.9. The molecule has 0 aromatic carbocycles. The van der Waals surface area contributed by atoms with E-state index >= 15 is 0 Å². The molecule has 0 saturated carbocycles. The van der Waals surface area contributed by atoms with Gasteiger partial charge in [-0.05, 0) is 39.5 Å². The summed E-state index contributed by atoms with van der Waals surface area (Å²) < 4.78 is 0. The molecule has 0 radical (unpaired) electrons. The molecule has 0 spiro atoms. The van der Waals surface area contributed by atoms with E-state index in [2.05, 4.69) is 48.6 Å². The van der Waals surface area contributed by atoms with Gasteiger partial charge in [0.25, 0.3) is 0 Å². The summed E-state index contributed by atoms with van der Waals surface area (Å²) >= 11 is 0. The van der Waals surface area contributed by atoms with Crippen LogP contribution >= 0.6 is 0 Å². The lowest BCUT2D eigenvalue weighted by atomic mass is 9.96. The van der Waals surface area contributed by atoms with E-state index in [4.69, 9.17) is 10.8 Å². The molecule has 0 amide bonds. The Balaban J connectivity index is 4.30. The highest BCUT2D eigenvalue weighted by atomic mass is 15.2. The number of amidine groups is 2. The Kier molecular flexibility index (Phi) is 24.3. The van der Waals surface area contributed by atoms with Crippen LogP contribution in [0.1, 0.15) is 183 Å². The van der Waals surface area contributed by atoms with Gasteiger partial charge in [0, 0.05) is 13.1 Å². The molecule has 0 heterocycles. The molecule has 0 aliphatic rings. The van der Waals surface area contributed by atoms with E-state index in [9.17, 15) is 0 Å². The molecule has 0 aliphatic carbocycles. The van der Waals surface area contributed by atoms with E-state index in [-0.39, 0.29) is 0 Å². The molecule has 236 valence electrons. The van der Waals surface area contributed by atoms with Crippen LogP contribution in [0.15, 0.2) is 10.2 Å². The van der Waals surface area contributed by atoms with Gasteiger partial charge in [0.1, 0.15) is 22.7 Å². The largest absolute Gasteiger partial charge is 0.372 e. The van der Waals surface area contributed by atoms with Crippen molar-refractivity contribution in [2.75, 3.05) is 13.1 Å². The van der Waals surface area contributed by atoms with Gasteiger partial charge in [0.2, 0.25) is 0 Å². The Hall–Kier alpha value is -1.46. The van der Waals surface area contributed by atoms with E-state index in [0.717, 1.165) is 25.9 Å². The Morgan fingerprint density at radius 3 is 0.950 bits per heavy atom. The van der Waals surface area contributed by atoms with Crippen LogP contribution in [-0.4, -0.2) is 35.8 Å². The van der Waals surface area contributed by atoms with Gasteiger partial charge in [0.05, 0.1) is 0 Å². The van der Waals surface area contributed by atoms with Crippen molar-refractivity contribution < 1.29 is 0 Å². The molecule has 0 saturated heterocycles. The minimum Gasteiger partial charge on any atom is -0.372 e. The average molecular weight is 563 g/mol. The SMILES string of the molecule is CCCCCCCCCCCCNC(=N)C(C)(CC)N=NC(C)(CC)C(=N)NCCCCCCCCCCCC. The molecule has 2 unspecified atom stereocenters. The Labute approximate surface area is 250 Å². The minimum atomic E-state index is -0.675. The second-order valence-corrected chi connectivity index (χ2v) is 12.4. The van der Waals surface area contributed by atoms with E-state index in [1.165, 1.54) is 116 Å². The third-order valence-corrected chi connectivity index (χ3v) is 8.61. The van der Waals surface area contributed by atoms with Gasteiger partial charge >= 0.3 is 0 Å². The van der Waals surface area contributed by atoms with Crippen LogP contribution in [-0.2, 0) is 0 Å². The molecule has 0 fully saturated rings. The highest BCUT2D eigenvalue weighted by Gasteiger charge is 2.32. The van der Waals surface area contributed by atoms with Gasteiger partial charge in [-0.25, -0.2) is 0 Å². The summed E-state index contributed by atoms with van der Waals surface area (Å²) in [5.41, 5.74) is -1.35. The van der Waals surface area contributed by atoms with Crippen molar-refractivity contribution in [2.45, 2.75) is 194 Å².